The van der Waals surface area contributed by atoms with Gasteiger partial charge in [0.2, 0.25) is 11.8 Å². The van der Waals surface area contributed by atoms with E-state index < -0.39 is 0 Å². The average molecular weight is 535 g/mol. The molecule has 0 bridgehead atoms. The lowest BCUT2D eigenvalue weighted by Crippen LogP contribution is -2.16. The maximum Gasteiger partial charge on any atom is 0.230 e. The molecule has 1 atom stereocenters. The number of halogens is 1. The van der Waals surface area contributed by atoms with E-state index in [-0.39, 0.29) is 5.92 Å². The molecule has 6 aromatic rings. The maximum absolute atomic E-state index is 6.48. The van der Waals surface area contributed by atoms with Crippen molar-refractivity contribution in [2.45, 2.75) is 12.8 Å². The highest BCUT2D eigenvalue weighted by Gasteiger charge is 2.38. The minimum absolute atomic E-state index is 0.171. The van der Waals surface area contributed by atoms with Gasteiger partial charge < -0.3 is 4.74 Å². The number of hydrogen-bond acceptors (Lipinski definition) is 5. The molecule has 1 aliphatic rings. The van der Waals surface area contributed by atoms with Gasteiger partial charge in [0, 0.05) is 10.0 Å². The van der Waals surface area contributed by atoms with E-state index in [1.807, 2.05) is 84.4 Å². The van der Waals surface area contributed by atoms with Crippen molar-refractivity contribution in [3.8, 4) is 28.8 Å². The third-order valence-corrected chi connectivity index (χ3v) is 7.16. The van der Waals surface area contributed by atoms with E-state index in [4.69, 9.17) is 19.9 Å². The molecule has 174 valence electrons. The van der Waals surface area contributed by atoms with Crippen molar-refractivity contribution in [2.75, 3.05) is 0 Å². The summed E-state index contributed by atoms with van der Waals surface area (Å²) >= 11 is 3.63. The fourth-order valence-electron chi connectivity index (χ4n) is 4.86. The second-order valence-corrected chi connectivity index (χ2v) is 9.50. The summed E-state index contributed by atoms with van der Waals surface area (Å²) < 4.78 is 11.0. The summed E-state index contributed by atoms with van der Waals surface area (Å²) in [7, 11) is 0. The molecular weight excluding hydrogens is 516 g/mol. The smallest absolute Gasteiger partial charge is 0.230 e. The van der Waals surface area contributed by atoms with Gasteiger partial charge in [0.05, 0.1) is 28.4 Å². The van der Waals surface area contributed by atoms with Crippen LogP contribution >= 0.6 is 15.9 Å². The molecule has 0 saturated carbocycles. The molecule has 0 spiro atoms. The van der Waals surface area contributed by atoms with Gasteiger partial charge in [-0.25, -0.2) is 19.2 Å². The number of para-hydroxylation sites is 1. The van der Waals surface area contributed by atoms with E-state index in [1.54, 1.807) is 10.8 Å². The summed E-state index contributed by atoms with van der Waals surface area (Å²) in [6.45, 7) is 2.02. The first-order valence-corrected chi connectivity index (χ1v) is 12.4. The van der Waals surface area contributed by atoms with Crippen LogP contribution in [0.5, 0.6) is 11.8 Å². The van der Waals surface area contributed by atoms with Gasteiger partial charge in [-0.2, -0.15) is 5.10 Å². The first kappa shape index (κ1) is 21.0. The van der Waals surface area contributed by atoms with Gasteiger partial charge in [-0.1, -0.05) is 76.6 Å². The second-order valence-electron chi connectivity index (χ2n) is 8.64. The molecule has 0 amide bonds. The fourth-order valence-corrected chi connectivity index (χ4v) is 5.32. The average Bonchev–Trinajstić information content (AvgIpc) is 3.50. The fraction of sp³-hybridized carbons (Fsp3) is 0.0714. The molecule has 3 aromatic heterocycles. The van der Waals surface area contributed by atoms with E-state index in [9.17, 15) is 0 Å². The van der Waals surface area contributed by atoms with E-state index >= 15 is 0 Å². The Kier molecular flexibility index (Phi) is 4.75. The Hall–Kier alpha value is -4.30. The number of fused-ring (bicyclic) bond motifs is 4. The van der Waals surface area contributed by atoms with Crippen LogP contribution in [0.3, 0.4) is 0 Å². The lowest BCUT2D eigenvalue weighted by atomic mass is 9.84. The summed E-state index contributed by atoms with van der Waals surface area (Å²) in [6.07, 6.45) is 1.66. The monoisotopic (exact) mass is 534 g/mol. The Labute approximate surface area is 215 Å². The van der Waals surface area contributed by atoms with Crippen molar-refractivity contribution in [1.29, 1.82) is 0 Å². The van der Waals surface area contributed by atoms with Gasteiger partial charge in [0.25, 0.3) is 0 Å². The number of aromatic nitrogens is 6. The minimum Gasteiger partial charge on any atom is -0.420 e. The van der Waals surface area contributed by atoms with Crippen LogP contribution in [-0.2, 0) is 0 Å². The van der Waals surface area contributed by atoms with Gasteiger partial charge in [0.15, 0.2) is 11.5 Å². The van der Waals surface area contributed by atoms with Crippen LogP contribution in [0.15, 0.2) is 95.7 Å². The van der Waals surface area contributed by atoms with E-state index in [0.29, 0.717) is 23.2 Å². The van der Waals surface area contributed by atoms with Crippen molar-refractivity contribution in [1.82, 2.24) is 29.4 Å². The second kappa shape index (κ2) is 8.13. The zero-order valence-corrected chi connectivity index (χ0v) is 20.8. The molecular formula is C28H19BrN6O. The van der Waals surface area contributed by atoms with Gasteiger partial charge in [-0.05, 0) is 36.8 Å². The molecule has 7 nitrogen and oxygen atoms in total. The zero-order chi connectivity index (χ0) is 24.2. The SMILES string of the molecule is Cc1nn(-c2ccccc2)c2c1[C@H](c1ccccc1)c1c(ncn3nc(-c4ccccc4Br)nc13)O2. The predicted molar refractivity (Wildman–Crippen MR) is 140 cm³/mol. The standard InChI is InChI=1S/C28H19BrN6O/c1-17-22-23(18-10-4-2-5-11-18)24-26-31-25(20-14-8-9-15-21(20)29)33-34(26)16-30-27(24)36-28(22)35(32-17)19-12-6-3-7-13-19/h2-16,23H,1H3/t23-/m0/s1. The van der Waals surface area contributed by atoms with Gasteiger partial charge in [0.1, 0.15) is 6.33 Å². The summed E-state index contributed by atoms with van der Waals surface area (Å²) in [5.41, 5.74) is 6.42. The molecule has 8 heteroatoms. The first-order valence-electron chi connectivity index (χ1n) is 11.6. The molecule has 3 aromatic carbocycles. The lowest BCUT2D eigenvalue weighted by molar-refractivity contribution is 0.402. The third-order valence-electron chi connectivity index (χ3n) is 6.47. The van der Waals surface area contributed by atoms with E-state index in [2.05, 4.69) is 33.0 Å². The van der Waals surface area contributed by atoms with Crippen LogP contribution in [0.25, 0.3) is 22.7 Å². The Bertz CT molecular complexity index is 1740. The highest BCUT2D eigenvalue weighted by Crippen LogP contribution is 2.49. The third kappa shape index (κ3) is 3.18. The summed E-state index contributed by atoms with van der Waals surface area (Å²) in [6, 6.07) is 28.3. The number of hydrogen-bond donors (Lipinski definition) is 0. The van der Waals surface area contributed by atoms with Crippen LogP contribution in [-0.4, -0.2) is 29.4 Å². The predicted octanol–water partition coefficient (Wildman–Crippen LogP) is 6.33. The van der Waals surface area contributed by atoms with Crippen molar-refractivity contribution >= 4 is 21.6 Å². The number of nitrogens with zero attached hydrogens (tertiary/aromatic N) is 6. The maximum atomic E-state index is 6.48. The van der Waals surface area contributed by atoms with Crippen LogP contribution < -0.4 is 4.74 Å². The van der Waals surface area contributed by atoms with Crippen LogP contribution in [0.4, 0.5) is 0 Å². The molecule has 0 fully saturated rings. The molecule has 4 heterocycles. The number of benzene rings is 3. The molecule has 36 heavy (non-hydrogen) atoms. The summed E-state index contributed by atoms with van der Waals surface area (Å²) in [5.74, 6) is 1.62. The molecule has 0 aliphatic carbocycles. The first-order chi connectivity index (χ1) is 17.7. The normalized spacial score (nSPS) is 14.3. The Morgan fingerprint density at radius 1 is 0.833 bits per heavy atom. The van der Waals surface area contributed by atoms with E-state index in [1.165, 1.54) is 0 Å². The van der Waals surface area contributed by atoms with Crippen molar-refractivity contribution in [3.63, 3.8) is 0 Å². The van der Waals surface area contributed by atoms with Crippen LogP contribution in [0.1, 0.15) is 28.3 Å². The number of aryl methyl sites for hydroxylation is 1. The highest BCUT2D eigenvalue weighted by atomic mass is 79.9. The van der Waals surface area contributed by atoms with Gasteiger partial charge in [-0.15, -0.1) is 5.10 Å². The van der Waals surface area contributed by atoms with Crippen LogP contribution in [0, 0.1) is 6.92 Å². The number of rotatable bonds is 3. The highest BCUT2D eigenvalue weighted by molar-refractivity contribution is 9.10. The summed E-state index contributed by atoms with van der Waals surface area (Å²) in [5, 5.41) is 9.63. The van der Waals surface area contributed by atoms with Crippen molar-refractivity contribution in [3.05, 3.63) is 118 Å². The molecule has 7 rings (SSSR count). The largest absolute Gasteiger partial charge is 0.420 e. The topological polar surface area (TPSA) is 70.1 Å². The molecule has 0 radical (unpaired) electrons. The van der Waals surface area contributed by atoms with Gasteiger partial charge >= 0.3 is 0 Å². The summed E-state index contributed by atoms with van der Waals surface area (Å²) in [4.78, 5) is 9.66. The minimum atomic E-state index is -0.171. The Balaban J connectivity index is 1.50. The Morgan fingerprint density at radius 3 is 2.33 bits per heavy atom. The quantitative estimate of drug-likeness (QED) is 0.264. The lowest BCUT2D eigenvalue weighted by Gasteiger charge is -2.26. The van der Waals surface area contributed by atoms with E-state index in [0.717, 1.165) is 38.1 Å². The van der Waals surface area contributed by atoms with Crippen LogP contribution in [0.2, 0.25) is 0 Å². The van der Waals surface area contributed by atoms with Crippen molar-refractivity contribution < 1.29 is 4.74 Å². The van der Waals surface area contributed by atoms with Crippen molar-refractivity contribution in [2.24, 2.45) is 0 Å². The molecule has 0 saturated heterocycles. The molecule has 0 unspecified atom stereocenters. The molecule has 0 N–H and O–H groups in total. The van der Waals surface area contributed by atoms with Gasteiger partial charge in [-0.3, -0.25) is 0 Å². The number of ether oxygens (including phenoxy) is 1. The Morgan fingerprint density at radius 2 is 1.56 bits per heavy atom. The molecule has 1 aliphatic heterocycles. The zero-order valence-electron chi connectivity index (χ0n) is 19.2.